The Hall–Kier alpha value is -2.02. The molecular weight excluding hydrogens is 228 g/mol. The van der Waals surface area contributed by atoms with Crippen LogP contribution in [0.5, 0.6) is 0 Å². The Morgan fingerprint density at radius 3 is 1.39 bits per heavy atom. The molecule has 0 aromatic heterocycles. The van der Waals surface area contributed by atoms with Gasteiger partial charge < -0.3 is 0 Å². The molecular formula is C14H16N2O2. The molecule has 0 aliphatic heterocycles. The van der Waals surface area contributed by atoms with Crippen LogP contribution in [-0.4, -0.2) is 12.2 Å². The normalized spacial score (nSPS) is 12.1. The lowest BCUT2D eigenvalue weighted by Crippen LogP contribution is -1.85. The Kier molecular flexibility index (Phi) is 5.72. The zero-order valence-electron chi connectivity index (χ0n) is 10.7. The Bertz CT molecular complexity index is 460. The highest BCUT2D eigenvalue weighted by molar-refractivity contribution is 5.64. The number of hydrogen-bond donors (Lipinski definition) is 0. The van der Waals surface area contributed by atoms with E-state index in [-0.39, 0.29) is 0 Å². The third-order valence-corrected chi connectivity index (χ3v) is 3.06. The van der Waals surface area contributed by atoms with Gasteiger partial charge >= 0.3 is 0 Å². The molecule has 0 bridgehead atoms. The van der Waals surface area contributed by atoms with Crippen molar-refractivity contribution in [1.82, 2.24) is 0 Å². The van der Waals surface area contributed by atoms with E-state index >= 15 is 0 Å². The lowest BCUT2D eigenvalue weighted by molar-refractivity contribution is 0.504. The third kappa shape index (κ3) is 3.77. The van der Waals surface area contributed by atoms with Crippen LogP contribution in [0, 0.1) is 13.8 Å². The maximum absolute atomic E-state index is 10.1. The fourth-order valence-electron chi connectivity index (χ4n) is 1.38. The van der Waals surface area contributed by atoms with Gasteiger partial charge in [-0.2, -0.15) is 9.98 Å². The first-order valence-corrected chi connectivity index (χ1v) is 5.96. The predicted molar refractivity (Wildman–Crippen MR) is 69.9 cm³/mol. The van der Waals surface area contributed by atoms with E-state index in [9.17, 15) is 9.59 Å². The zero-order chi connectivity index (χ0) is 13.4. The van der Waals surface area contributed by atoms with Crippen molar-refractivity contribution in [3.8, 4) is 0 Å². The summed E-state index contributed by atoms with van der Waals surface area (Å²) < 4.78 is 0. The first kappa shape index (κ1) is 14.0. The van der Waals surface area contributed by atoms with Crippen LogP contribution in [0.4, 0.5) is 11.4 Å². The maximum Gasteiger partial charge on any atom is 0.240 e. The summed E-state index contributed by atoms with van der Waals surface area (Å²) in [5.41, 5.74) is 2.71. The van der Waals surface area contributed by atoms with E-state index < -0.39 is 0 Å². The van der Waals surface area contributed by atoms with Crippen molar-refractivity contribution in [2.45, 2.75) is 39.5 Å². The quantitative estimate of drug-likeness (QED) is 0.586. The lowest BCUT2D eigenvalue weighted by Gasteiger charge is -2.05. The minimum Gasteiger partial charge on any atom is -0.211 e. The smallest absolute Gasteiger partial charge is 0.211 e. The summed E-state index contributed by atoms with van der Waals surface area (Å²) >= 11 is 0. The number of carbonyl (C=O) groups excluding carboxylic acids is 2. The van der Waals surface area contributed by atoms with Crippen molar-refractivity contribution in [3.63, 3.8) is 0 Å². The van der Waals surface area contributed by atoms with Crippen LogP contribution in [0.15, 0.2) is 22.1 Å². The van der Waals surface area contributed by atoms with Crippen molar-refractivity contribution in [2.75, 3.05) is 0 Å². The molecule has 0 spiro atoms. The zero-order valence-corrected chi connectivity index (χ0v) is 10.7. The van der Waals surface area contributed by atoms with Gasteiger partial charge in [-0.05, 0) is 37.1 Å². The number of nitrogens with zero attached hydrogens (tertiary/aromatic N) is 2. The molecule has 0 saturated heterocycles. The predicted octanol–water partition coefficient (Wildman–Crippen LogP) is 3.80. The Labute approximate surface area is 106 Å². The van der Waals surface area contributed by atoms with Crippen molar-refractivity contribution in [3.05, 3.63) is 23.3 Å². The molecule has 18 heavy (non-hydrogen) atoms. The van der Waals surface area contributed by atoms with E-state index in [2.05, 4.69) is 9.98 Å². The highest BCUT2D eigenvalue weighted by atomic mass is 16.1. The van der Waals surface area contributed by atoms with E-state index in [0.717, 1.165) is 11.1 Å². The first-order chi connectivity index (χ1) is 8.70. The Morgan fingerprint density at radius 2 is 1.17 bits per heavy atom. The number of hydrogen-bond acceptors (Lipinski definition) is 4. The number of isocyanates is 2. The van der Waals surface area contributed by atoms with Crippen LogP contribution in [0.2, 0.25) is 0 Å². The molecule has 2 rings (SSSR count). The second kappa shape index (κ2) is 7.33. The highest BCUT2D eigenvalue weighted by Crippen LogP contribution is 2.28. The minimum atomic E-state index is 0.544. The van der Waals surface area contributed by atoms with Crippen LogP contribution in [0.25, 0.3) is 0 Å². The number of rotatable bonds is 2. The SMILES string of the molecule is C1CCC1.Cc1c(N=C=O)ccc(N=C=O)c1C. The van der Waals surface area contributed by atoms with Gasteiger partial charge in [0.05, 0.1) is 11.4 Å². The van der Waals surface area contributed by atoms with E-state index in [4.69, 9.17) is 0 Å². The molecule has 1 aromatic rings. The molecule has 1 aliphatic carbocycles. The van der Waals surface area contributed by atoms with Crippen LogP contribution in [-0.2, 0) is 9.59 Å². The number of aliphatic imine (C=N–C) groups is 2. The molecule has 1 aromatic carbocycles. The minimum absolute atomic E-state index is 0.544. The third-order valence-electron chi connectivity index (χ3n) is 3.06. The largest absolute Gasteiger partial charge is 0.240 e. The average molecular weight is 244 g/mol. The summed E-state index contributed by atoms with van der Waals surface area (Å²) in [4.78, 5) is 27.2. The topological polar surface area (TPSA) is 58.9 Å². The monoisotopic (exact) mass is 244 g/mol. The molecule has 0 unspecified atom stereocenters. The highest BCUT2D eigenvalue weighted by Gasteiger charge is 2.04. The lowest BCUT2D eigenvalue weighted by atomic mass is 10.0. The molecule has 1 aliphatic rings. The number of benzene rings is 1. The maximum atomic E-state index is 10.1. The van der Waals surface area contributed by atoms with Crippen LogP contribution in [0.1, 0.15) is 36.8 Å². The summed E-state index contributed by atoms with van der Waals surface area (Å²) in [5.74, 6) is 0. The molecule has 0 atom stereocenters. The van der Waals surface area contributed by atoms with Gasteiger partial charge in [0.2, 0.25) is 12.2 Å². The van der Waals surface area contributed by atoms with Gasteiger partial charge in [0.1, 0.15) is 0 Å². The Morgan fingerprint density at radius 1 is 0.833 bits per heavy atom. The van der Waals surface area contributed by atoms with Crippen molar-refractivity contribution in [2.24, 2.45) is 9.98 Å². The van der Waals surface area contributed by atoms with Crippen LogP contribution in [0.3, 0.4) is 0 Å². The standard InChI is InChI=1S/C10H8N2O2.C4H8/c1-7-8(2)10(12-6-14)4-3-9(7)11-5-13;1-2-4-3-1/h3-4H,1-2H3;1-4H2. The molecule has 4 nitrogen and oxygen atoms in total. The molecule has 0 N–H and O–H groups in total. The van der Waals surface area contributed by atoms with Gasteiger partial charge in [-0.25, -0.2) is 9.59 Å². The fraction of sp³-hybridized carbons (Fsp3) is 0.429. The molecule has 0 heterocycles. The van der Waals surface area contributed by atoms with E-state index in [0.29, 0.717) is 11.4 Å². The van der Waals surface area contributed by atoms with E-state index in [1.807, 2.05) is 0 Å². The fourth-order valence-corrected chi connectivity index (χ4v) is 1.38. The molecule has 0 amide bonds. The van der Waals surface area contributed by atoms with Gasteiger partial charge in [-0.3, -0.25) is 0 Å². The van der Waals surface area contributed by atoms with Gasteiger partial charge in [-0.15, -0.1) is 0 Å². The van der Waals surface area contributed by atoms with Crippen LogP contribution >= 0.6 is 0 Å². The van der Waals surface area contributed by atoms with Crippen molar-refractivity contribution in [1.29, 1.82) is 0 Å². The van der Waals surface area contributed by atoms with Crippen LogP contribution < -0.4 is 0 Å². The van der Waals surface area contributed by atoms with Crippen molar-refractivity contribution < 1.29 is 9.59 Å². The Balaban J connectivity index is 0.000000341. The van der Waals surface area contributed by atoms with E-state index in [1.54, 1.807) is 26.0 Å². The van der Waals surface area contributed by atoms with Crippen molar-refractivity contribution >= 4 is 23.5 Å². The summed E-state index contributed by atoms with van der Waals surface area (Å²) in [6, 6.07) is 3.23. The summed E-state index contributed by atoms with van der Waals surface area (Å²) in [6.07, 6.45) is 8.94. The van der Waals surface area contributed by atoms with Gasteiger partial charge in [0.25, 0.3) is 0 Å². The second-order valence-electron chi connectivity index (χ2n) is 4.17. The second-order valence-corrected chi connectivity index (χ2v) is 4.17. The molecule has 94 valence electrons. The summed E-state index contributed by atoms with van der Waals surface area (Å²) in [7, 11) is 0. The van der Waals surface area contributed by atoms with Gasteiger partial charge in [-0.1, -0.05) is 25.7 Å². The summed E-state index contributed by atoms with van der Waals surface area (Å²) in [6.45, 7) is 3.60. The first-order valence-electron chi connectivity index (χ1n) is 5.96. The average Bonchev–Trinajstić information content (AvgIpc) is 2.27. The summed E-state index contributed by atoms with van der Waals surface area (Å²) in [5, 5.41) is 0. The molecule has 4 heteroatoms. The molecule has 0 radical (unpaired) electrons. The van der Waals surface area contributed by atoms with Gasteiger partial charge in [0.15, 0.2) is 0 Å². The molecule has 1 saturated carbocycles. The van der Waals surface area contributed by atoms with Gasteiger partial charge in [0, 0.05) is 0 Å². The van der Waals surface area contributed by atoms with E-state index in [1.165, 1.54) is 37.8 Å². The molecule has 1 fully saturated rings.